The van der Waals surface area contributed by atoms with Crippen LogP contribution in [0.5, 0.6) is 0 Å². The van der Waals surface area contributed by atoms with Crippen molar-refractivity contribution >= 4 is 17.3 Å². The van der Waals surface area contributed by atoms with Gasteiger partial charge >= 0.3 is 6.18 Å². The number of alkyl halides is 3. The minimum absolute atomic E-state index is 0.0624. The SMILES string of the molecule is CC(C)CN(C(=O)c1ccccc1C(F)(F)F)c1cccc(N(C)Cc2c[nH]cn2)c1. The Bertz CT molecular complexity index is 1020. The quantitative estimate of drug-likeness (QED) is 0.548. The molecule has 3 aromatic rings. The molecule has 1 amide bonds. The molecule has 0 saturated carbocycles. The van der Waals surface area contributed by atoms with Gasteiger partial charge in [0.25, 0.3) is 5.91 Å². The fourth-order valence-electron chi connectivity index (χ4n) is 3.34. The molecule has 2 aromatic carbocycles. The molecule has 8 heteroatoms. The van der Waals surface area contributed by atoms with Crippen molar-refractivity contribution in [2.45, 2.75) is 26.6 Å². The van der Waals surface area contributed by atoms with Gasteiger partial charge in [0.05, 0.1) is 29.7 Å². The number of benzene rings is 2. The maximum atomic E-state index is 13.5. The molecule has 1 heterocycles. The monoisotopic (exact) mass is 430 g/mol. The number of rotatable bonds is 7. The van der Waals surface area contributed by atoms with E-state index in [1.807, 2.05) is 37.9 Å². The van der Waals surface area contributed by atoms with Crippen LogP contribution in [0.1, 0.15) is 35.5 Å². The number of amides is 1. The lowest BCUT2D eigenvalue weighted by atomic mass is 10.0. The summed E-state index contributed by atoms with van der Waals surface area (Å²) < 4.78 is 40.5. The number of carbonyl (C=O) groups is 1. The number of H-pyrrole nitrogens is 1. The first-order valence-corrected chi connectivity index (χ1v) is 9.93. The standard InChI is InChI=1S/C23H25F3N4O/c1-16(2)13-30(22(31)20-9-4-5-10-21(20)23(24,25)26)19-8-6-7-18(11-19)29(3)14-17-12-27-15-28-17/h4-12,15-16H,13-14H2,1-3H3,(H,27,28). The molecular formula is C23H25F3N4O. The van der Waals surface area contributed by atoms with E-state index in [1.54, 1.807) is 24.7 Å². The van der Waals surface area contributed by atoms with Gasteiger partial charge in [-0.2, -0.15) is 13.2 Å². The van der Waals surface area contributed by atoms with Gasteiger partial charge in [-0.1, -0.05) is 32.0 Å². The zero-order valence-corrected chi connectivity index (χ0v) is 17.6. The van der Waals surface area contributed by atoms with E-state index in [0.29, 0.717) is 12.2 Å². The number of anilines is 2. The number of aromatic nitrogens is 2. The van der Waals surface area contributed by atoms with Crippen molar-refractivity contribution in [3.8, 4) is 0 Å². The third-order valence-electron chi connectivity index (χ3n) is 4.79. The lowest BCUT2D eigenvalue weighted by Gasteiger charge is -2.28. The molecule has 3 rings (SSSR count). The van der Waals surface area contributed by atoms with Crippen LogP contribution in [0.25, 0.3) is 0 Å². The van der Waals surface area contributed by atoms with Gasteiger partial charge in [-0.3, -0.25) is 4.79 Å². The molecule has 0 aliphatic rings. The Labute approximate surface area is 179 Å². The molecule has 0 fully saturated rings. The average Bonchev–Trinajstić information content (AvgIpc) is 3.24. The molecule has 0 atom stereocenters. The van der Waals surface area contributed by atoms with Crippen LogP contribution in [-0.2, 0) is 12.7 Å². The number of aromatic amines is 1. The van der Waals surface area contributed by atoms with Crippen LogP contribution in [0.2, 0.25) is 0 Å². The van der Waals surface area contributed by atoms with Crippen molar-refractivity contribution in [3.63, 3.8) is 0 Å². The smallest absolute Gasteiger partial charge is 0.369 e. The van der Waals surface area contributed by atoms with Crippen molar-refractivity contribution < 1.29 is 18.0 Å². The summed E-state index contributed by atoms with van der Waals surface area (Å²) in [6.07, 6.45) is -1.22. The molecule has 31 heavy (non-hydrogen) atoms. The number of nitrogens with zero attached hydrogens (tertiary/aromatic N) is 3. The molecule has 0 spiro atoms. The molecule has 164 valence electrons. The molecule has 1 N–H and O–H groups in total. The Balaban J connectivity index is 1.96. The molecule has 0 aliphatic carbocycles. The van der Waals surface area contributed by atoms with Gasteiger partial charge in [0.15, 0.2) is 0 Å². The highest BCUT2D eigenvalue weighted by molar-refractivity contribution is 6.07. The van der Waals surface area contributed by atoms with Crippen LogP contribution >= 0.6 is 0 Å². The maximum Gasteiger partial charge on any atom is 0.417 e. The van der Waals surface area contributed by atoms with Crippen molar-refractivity contribution in [2.24, 2.45) is 5.92 Å². The fourth-order valence-corrected chi connectivity index (χ4v) is 3.34. The van der Waals surface area contributed by atoms with Gasteiger partial charge in [0, 0.05) is 31.2 Å². The van der Waals surface area contributed by atoms with Crippen LogP contribution in [0.15, 0.2) is 61.1 Å². The fraction of sp³-hybridized carbons (Fsp3) is 0.304. The predicted octanol–water partition coefficient (Wildman–Crippen LogP) is 5.37. The van der Waals surface area contributed by atoms with Crippen molar-refractivity contribution in [1.82, 2.24) is 9.97 Å². The van der Waals surface area contributed by atoms with E-state index in [1.165, 1.54) is 23.1 Å². The third kappa shape index (κ3) is 5.45. The Morgan fingerprint density at radius 1 is 1.10 bits per heavy atom. The van der Waals surface area contributed by atoms with E-state index >= 15 is 0 Å². The van der Waals surface area contributed by atoms with E-state index in [-0.39, 0.29) is 18.0 Å². The number of imidazole rings is 1. The van der Waals surface area contributed by atoms with Crippen LogP contribution < -0.4 is 9.80 Å². The van der Waals surface area contributed by atoms with E-state index in [2.05, 4.69) is 9.97 Å². The summed E-state index contributed by atoms with van der Waals surface area (Å²) in [7, 11) is 1.89. The van der Waals surface area contributed by atoms with Gasteiger partial charge in [0.1, 0.15) is 0 Å². The van der Waals surface area contributed by atoms with E-state index in [4.69, 9.17) is 0 Å². The van der Waals surface area contributed by atoms with Crippen LogP contribution in [0.4, 0.5) is 24.5 Å². The first kappa shape index (κ1) is 22.4. The molecule has 5 nitrogen and oxygen atoms in total. The first-order valence-electron chi connectivity index (χ1n) is 9.93. The maximum absolute atomic E-state index is 13.5. The van der Waals surface area contributed by atoms with E-state index in [0.717, 1.165) is 17.4 Å². The highest BCUT2D eigenvalue weighted by Gasteiger charge is 2.36. The normalized spacial score (nSPS) is 11.6. The predicted molar refractivity (Wildman–Crippen MR) is 115 cm³/mol. The molecule has 0 unspecified atom stereocenters. The summed E-state index contributed by atoms with van der Waals surface area (Å²) in [4.78, 5) is 23.8. The molecule has 0 saturated heterocycles. The Hall–Kier alpha value is -3.29. The topological polar surface area (TPSA) is 52.2 Å². The second kappa shape index (κ2) is 9.24. The number of halogens is 3. The summed E-state index contributed by atoms with van der Waals surface area (Å²) in [5, 5.41) is 0. The summed E-state index contributed by atoms with van der Waals surface area (Å²) in [6.45, 7) is 4.67. The average molecular weight is 430 g/mol. The van der Waals surface area contributed by atoms with Crippen molar-refractivity contribution in [2.75, 3.05) is 23.4 Å². The molecular weight excluding hydrogens is 405 g/mol. The second-order valence-corrected chi connectivity index (χ2v) is 7.79. The Kier molecular flexibility index (Phi) is 6.68. The zero-order valence-electron chi connectivity index (χ0n) is 17.6. The highest BCUT2D eigenvalue weighted by Crippen LogP contribution is 2.33. The van der Waals surface area contributed by atoms with Crippen molar-refractivity contribution in [3.05, 3.63) is 77.9 Å². The lowest BCUT2D eigenvalue weighted by Crippen LogP contribution is -2.35. The number of hydrogen-bond acceptors (Lipinski definition) is 3. The van der Waals surface area contributed by atoms with Crippen molar-refractivity contribution in [1.29, 1.82) is 0 Å². The van der Waals surface area contributed by atoms with Crippen LogP contribution in [0.3, 0.4) is 0 Å². The lowest BCUT2D eigenvalue weighted by molar-refractivity contribution is -0.137. The number of carbonyl (C=O) groups excluding carboxylic acids is 1. The van der Waals surface area contributed by atoms with E-state index < -0.39 is 17.6 Å². The first-order chi connectivity index (χ1) is 14.7. The zero-order chi connectivity index (χ0) is 22.6. The number of nitrogens with one attached hydrogen (secondary N) is 1. The van der Waals surface area contributed by atoms with Gasteiger partial charge in [-0.25, -0.2) is 4.98 Å². The molecule has 0 radical (unpaired) electrons. The Morgan fingerprint density at radius 2 is 1.81 bits per heavy atom. The largest absolute Gasteiger partial charge is 0.417 e. The third-order valence-corrected chi connectivity index (χ3v) is 4.79. The minimum Gasteiger partial charge on any atom is -0.369 e. The minimum atomic E-state index is -4.61. The second-order valence-electron chi connectivity index (χ2n) is 7.79. The summed E-state index contributed by atoms with van der Waals surface area (Å²) in [5.74, 6) is -0.610. The van der Waals surface area contributed by atoms with Gasteiger partial charge in [-0.05, 0) is 36.2 Å². The van der Waals surface area contributed by atoms with Crippen LogP contribution in [0, 0.1) is 5.92 Å². The molecule has 0 aliphatic heterocycles. The molecule has 0 bridgehead atoms. The molecule has 1 aromatic heterocycles. The van der Waals surface area contributed by atoms with Gasteiger partial charge in [0.2, 0.25) is 0 Å². The van der Waals surface area contributed by atoms with E-state index in [9.17, 15) is 18.0 Å². The summed E-state index contributed by atoms with van der Waals surface area (Å²) in [5.41, 5.74) is 0.932. The summed E-state index contributed by atoms with van der Waals surface area (Å²) >= 11 is 0. The number of hydrogen-bond donors (Lipinski definition) is 1. The van der Waals surface area contributed by atoms with Gasteiger partial charge in [-0.15, -0.1) is 0 Å². The summed E-state index contributed by atoms with van der Waals surface area (Å²) in [6, 6.07) is 12.1. The Morgan fingerprint density at radius 3 is 2.45 bits per heavy atom. The van der Waals surface area contributed by atoms with Gasteiger partial charge < -0.3 is 14.8 Å². The highest BCUT2D eigenvalue weighted by atomic mass is 19.4. The van der Waals surface area contributed by atoms with Crippen LogP contribution in [-0.4, -0.2) is 29.5 Å².